The van der Waals surface area contributed by atoms with Crippen LogP contribution in [0.4, 0.5) is 0 Å². The van der Waals surface area contributed by atoms with Crippen LogP contribution in [0.15, 0.2) is 23.1 Å². The lowest BCUT2D eigenvalue weighted by molar-refractivity contribution is 0.0597. The Bertz CT molecular complexity index is 644. The van der Waals surface area contributed by atoms with Crippen LogP contribution in [0, 0.1) is 0 Å². The quantitative estimate of drug-likeness (QED) is 0.841. The Balaban J connectivity index is 2.43. The maximum Gasteiger partial charge on any atom is 0.341 e. The van der Waals surface area contributed by atoms with E-state index < -0.39 is 16.0 Å². The molecule has 1 aliphatic rings. The van der Waals surface area contributed by atoms with E-state index in [4.69, 9.17) is 0 Å². The molecule has 0 aliphatic carbocycles. The number of phenolic OH excluding ortho intramolecular Hbond substituents is 1. The number of hydrogen-bond donors (Lipinski definition) is 1. The number of aromatic hydroxyl groups is 1. The molecule has 1 saturated heterocycles. The molecule has 1 heterocycles. The number of rotatable bonds is 3. The number of sulfonamides is 1. The van der Waals surface area contributed by atoms with Gasteiger partial charge in [-0.1, -0.05) is 0 Å². The molecule has 2 rings (SSSR count). The summed E-state index contributed by atoms with van der Waals surface area (Å²) in [5, 5.41) is 9.65. The molecular formula is C13H17NO5S2. The van der Waals surface area contributed by atoms with E-state index in [2.05, 4.69) is 4.74 Å². The van der Waals surface area contributed by atoms with Gasteiger partial charge in [-0.25, -0.2) is 13.2 Å². The molecule has 8 heteroatoms. The van der Waals surface area contributed by atoms with Gasteiger partial charge in [-0.05, 0) is 25.1 Å². The molecule has 21 heavy (non-hydrogen) atoms. The summed E-state index contributed by atoms with van der Waals surface area (Å²) in [6.45, 7) is 2.29. The summed E-state index contributed by atoms with van der Waals surface area (Å²) in [7, 11) is -2.52. The maximum atomic E-state index is 12.7. The van der Waals surface area contributed by atoms with Crippen molar-refractivity contribution < 1.29 is 23.1 Å². The van der Waals surface area contributed by atoms with E-state index in [1.54, 1.807) is 11.8 Å². The molecule has 1 aromatic rings. The van der Waals surface area contributed by atoms with E-state index >= 15 is 0 Å². The van der Waals surface area contributed by atoms with E-state index in [9.17, 15) is 18.3 Å². The molecule has 0 radical (unpaired) electrons. The van der Waals surface area contributed by atoms with Crippen molar-refractivity contribution in [1.82, 2.24) is 4.31 Å². The third-order valence-corrected chi connectivity index (χ3v) is 6.49. The number of esters is 1. The fraction of sp³-hybridized carbons (Fsp3) is 0.462. The first-order chi connectivity index (χ1) is 9.87. The van der Waals surface area contributed by atoms with Crippen molar-refractivity contribution in [2.24, 2.45) is 0 Å². The van der Waals surface area contributed by atoms with Crippen molar-refractivity contribution in [3.05, 3.63) is 23.8 Å². The second-order valence-corrected chi connectivity index (χ2v) is 7.75. The molecule has 0 bridgehead atoms. The Morgan fingerprint density at radius 3 is 2.81 bits per heavy atom. The minimum atomic E-state index is -3.69. The highest BCUT2D eigenvalue weighted by Gasteiger charge is 2.32. The van der Waals surface area contributed by atoms with Gasteiger partial charge in [0.25, 0.3) is 0 Å². The summed E-state index contributed by atoms with van der Waals surface area (Å²) in [4.78, 5) is 11.5. The van der Waals surface area contributed by atoms with Crippen LogP contribution < -0.4 is 0 Å². The minimum Gasteiger partial charge on any atom is -0.507 e. The molecule has 1 aromatic carbocycles. The summed E-state index contributed by atoms with van der Waals surface area (Å²) < 4.78 is 31.3. The van der Waals surface area contributed by atoms with Gasteiger partial charge in [-0.2, -0.15) is 16.1 Å². The van der Waals surface area contributed by atoms with E-state index in [1.165, 1.54) is 23.5 Å². The maximum absolute atomic E-state index is 12.7. The molecule has 1 aliphatic heterocycles. The van der Waals surface area contributed by atoms with E-state index in [0.29, 0.717) is 6.54 Å². The van der Waals surface area contributed by atoms with Crippen LogP contribution in [-0.2, 0) is 14.8 Å². The van der Waals surface area contributed by atoms with Crippen LogP contribution in [0.2, 0.25) is 0 Å². The Kier molecular flexibility index (Phi) is 4.80. The van der Waals surface area contributed by atoms with Crippen molar-refractivity contribution in [2.75, 3.05) is 25.2 Å². The fourth-order valence-corrected chi connectivity index (χ4v) is 5.03. The number of ether oxygens (including phenoxy) is 1. The van der Waals surface area contributed by atoms with E-state index in [-0.39, 0.29) is 22.3 Å². The predicted molar refractivity (Wildman–Crippen MR) is 80.1 cm³/mol. The van der Waals surface area contributed by atoms with Gasteiger partial charge in [0.2, 0.25) is 10.0 Å². The van der Waals surface area contributed by atoms with Gasteiger partial charge in [-0.15, -0.1) is 0 Å². The number of phenols is 1. The first-order valence-electron chi connectivity index (χ1n) is 6.39. The second-order valence-electron chi connectivity index (χ2n) is 4.71. The average Bonchev–Trinajstić information content (AvgIpc) is 2.47. The van der Waals surface area contributed by atoms with Crippen molar-refractivity contribution in [3.63, 3.8) is 0 Å². The van der Waals surface area contributed by atoms with Crippen LogP contribution in [0.5, 0.6) is 5.75 Å². The van der Waals surface area contributed by atoms with Crippen LogP contribution >= 0.6 is 11.8 Å². The third-order valence-electron chi connectivity index (χ3n) is 3.29. The average molecular weight is 331 g/mol. The number of thioether (sulfide) groups is 1. The van der Waals surface area contributed by atoms with Gasteiger partial charge < -0.3 is 9.84 Å². The van der Waals surface area contributed by atoms with Gasteiger partial charge in [0, 0.05) is 24.1 Å². The first kappa shape index (κ1) is 16.1. The van der Waals surface area contributed by atoms with Crippen LogP contribution in [0.25, 0.3) is 0 Å². The zero-order valence-corrected chi connectivity index (χ0v) is 13.4. The molecule has 0 amide bonds. The zero-order chi connectivity index (χ0) is 15.6. The predicted octanol–water partition coefficient (Wildman–Crippen LogP) is 1.30. The van der Waals surface area contributed by atoms with E-state index in [0.717, 1.165) is 17.6 Å². The van der Waals surface area contributed by atoms with Crippen LogP contribution in [0.1, 0.15) is 17.3 Å². The number of methoxy groups -OCH3 is 1. The molecule has 0 aromatic heterocycles. The highest BCUT2D eigenvalue weighted by atomic mass is 32.2. The Labute approximate surface area is 128 Å². The highest BCUT2D eigenvalue weighted by molar-refractivity contribution is 7.99. The smallest absolute Gasteiger partial charge is 0.341 e. The van der Waals surface area contributed by atoms with Crippen molar-refractivity contribution >= 4 is 27.8 Å². The Hall–Kier alpha value is -1.25. The van der Waals surface area contributed by atoms with Gasteiger partial charge >= 0.3 is 5.97 Å². The number of nitrogens with zero attached hydrogens (tertiary/aromatic N) is 1. The highest BCUT2D eigenvalue weighted by Crippen LogP contribution is 2.27. The standard InChI is InChI=1S/C13H17NO5S2/c1-9-8-20-6-5-14(9)21(17,18)10-3-4-12(15)11(7-10)13(16)19-2/h3-4,7,9,15H,5-6,8H2,1-2H3. The SMILES string of the molecule is COC(=O)c1cc(S(=O)(=O)N2CCSCC2C)ccc1O. The zero-order valence-electron chi connectivity index (χ0n) is 11.8. The Morgan fingerprint density at radius 2 is 2.19 bits per heavy atom. The van der Waals surface area contributed by atoms with Crippen LogP contribution in [-0.4, -0.2) is 55.0 Å². The first-order valence-corrected chi connectivity index (χ1v) is 8.98. The number of hydrogen-bond acceptors (Lipinski definition) is 6. The summed E-state index contributed by atoms with van der Waals surface area (Å²) in [5.41, 5.74) is -0.155. The molecule has 0 spiro atoms. The van der Waals surface area contributed by atoms with Gasteiger partial charge in [-0.3, -0.25) is 0 Å². The van der Waals surface area contributed by atoms with Crippen molar-refractivity contribution in [2.45, 2.75) is 17.9 Å². The lowest BCUT2D eigenvalue weighted by atomic mass is 10.2. The number of carbonyl (C=O) groups is 1. The number of carbonyl (C=O) groups excluding carboxylic acids is 1. The van der Waals surface area contributed by atoms with Gasteiger partial charge in [0.1, 0.15) is 11.3 Å². The van der Waals surface area contributed by atoms with E-state index in [1.807, 2.05) is 6.92 Å². The normalized spacial score (nSPS) is 20.2. The lowest BCUT2D eigenvalue weighted by Crippen LogP contribution is -2.44. The summed E-state index contributed by atoms with van der Waals surface area (Å²) >= 11 is 1.71. The molecule has 1 atom stereocenters. The lowest BCUT2D eigenvalue weighted by Gasteiger charge is -2.32. The van der Waals surface area contributed by atoms with Gasteiger partial charge in [0.05, 0.1) is 12.0 Å². The summed E-state index contributed by atoms with van der Waals surface area (Å²) in [6.07, 6.45) is 0. The van der Waals surface area contributed by atoms with Crippen LogP contribution in [0.3, 0.4) is 0 Å². The largest absolute Gasteiger partial charge is 0.507 e. The summed E-state index contributed by atoms with van der Waals surface area (Å²) in [6, 6.07) is 3.54. The van der Waals surface area contributed by atoms with Gasteiger partial charge in [0.15, 0.2) is 0 Å². The number of benzene rings is 1. The molecule has 116 valence electrons. The Morgan fingerprint density at radius 1 is 1.48 bits per heavy atom. The minimum absolute atomic E-state index is 0.0144. The molecule has 1 N–H and O–H groups in total. The molecular weight excluding hydrogens is 314 g/mol. The molecule has 1 unspecified atom stereocenters. The molecule has 0 saturated carbocycles. The van der Waals surface area contributed by atoms with Crippen molar-refractivity contribution in [1.29, 1.82) is 0 Å². The monoisotopic (exact) mass is 331 g/mol. The summed E-state index contributed by atoms with van der Waals surface area (Å²) in [5.74, 6) is 0.405. The molecule has 1 fully saturated rings. The topological polar surface area (TPSA) is 83.9 Å². The molecule has 6 nitrogen and oxygen atoms in total. The second kappa shape index (κ2) is 6.25. The van der Waals surface area contributed by atoms with Crippen molar-refractivity contribution in [3.8, 4) is 5.75 Å². The fourth-order valence-electron chi connectivity index (χ4n) is 2.15. The third kappa shape index (κ3) is 3.17.